The lowest BCUT2D eigenvalue weighted by Gasteiger charge is -2.15. The standard InChI is InChI=1S/C19H25N3O/c1-13(2)12-21-19(23)18-11-15(9-10-20-18)22-17-8-6-5-7-16(17)14(3)4/h5-11,13-14H,12H2,1-4H3,(H,20,22)(H,21,23). The van der Waals surface area contributed by atoms with Crippen molar-refractivity contribution in [3.05, 3.63) is 53.9 Å². The van der Waals surface area contributed by atoms with E-state index in [1.54, 1.807) is 12.3 Å². The zero-order valence-corrected chi connectivity index (χ0v) is 14.3. The molecular formula is C19H25N3O. The summed E-state index contributed by atoms with van der Waals surface area (Å²) in [6.07, 6.45) is 1.66. The lowest BCUT2D eigenvalue weighted by atomic mass is 10.0. The first-order chi connectivity index (χ1) is 11.0. The van der Waals surface area contributed by atoms with E-state index in [1.807, 2.05) is 24.3 Å². The van der Waals surface area contributed by atoms with Crippen LogP contribution >= 0.6 is 0 Å². The number of hydrogen-bond acceptors (Lipinski definition) is 3. The lowest BCUT2D eigenvalue weighted by Crippen LogP contribution is -2.28. The zero-order chi connectivity index (χ0) is 16.8. The Hall–Kier alpha value is -2.36. The average Bonchev–Trinajstić information content (AvgIpc) is 2.53. The Morgan fingerprint density at radius 3 is 2.57 bits per heavy atom. The monoisotopic (exact) mass is 311 g/mol. The van der Waals surface area contributed by atoms with Crippen LogP contribution in [0.3, 0.4) is 0 Å². The number of anilines is 2. The van der Waals surface area contributed by atoms with Crippen LogP contribution in [0.1, 0.15) is 49.7 Å². The van der Waals surface area contributed by atoms with Crippen LogP contribution in [-0.4, -0.2) is 17.4 Å². The minimum Gasteiger partial charge on any atom is -0.355 e. The van der Waals surface area contributed by atoms with Gasteiger partial charge in [-0.15, -0.1) is 0 Å². The van der Waals surface area contributed by atoms with E-state index in [0.717, 1.165) is 11.4 Å². The molecule has 1 amide bonds. The second-order valence-corrected chi connectivity index (χ2v) is 6.40. The summed E-state index contributed by atoms with van der Waals surface area (Å²) in [7, 11) is 0. The number of carbonyl (C=O) groups excluding carboxylic acids is 1. The summed E-state index contributed by atoms with van der Waals surface area (Å²) in [6.45, 7) is 9.10. The predicted octanol–water partition coefficient (Wildman–Crippen LogP) is 4.33. The second-order valence-electron chi connectivity index (χ2n) is 6.40. The zero-order valence-electron chi connectivity index (χ0n) is 14.3. The first kappa shape index (κ1) is 17.0. The van der Waals surface area contributed by atoms with E-state index < -0.39 is 0 Å². The Morgan fingerprint density at radius 2 is 1.87 bits per heavy atom. The van der Waals surface area contributed by atoms with Crippen LogP contribution in [0, 0.1) is 5.92 Å². The van der Waals surface area contributed by atoms with E-state index in [0.29, 0.717) is 24.1 Å². The molecule has 122 valence electrons. The highest BCUT2D eigenvalue weighted by Gasteiger charge is 2.10. The van der Waals surface area contributed by atoms with Crippen LogP contribution in [0.5, 0.6) is 0 Å². The van der Waals surface area contributed by atoms with Crippen molar-refractivity contribution in [2.24, 2.45) is 5.92 Å². The van der Waals surface area contributed by atoms with Crippen molar-refractivity contribution in [2.75, 3.05) is 11.9 Å². The molecule has 0 unspecified atom stereocenters. The molecule has 2 rings (SSSR count). The van der Waals surface area contributed by atoms with Crippen LogP contribution in [0.25, 0.3) is 0 Å². The van der Waals surface area contributed by atoms with Gasteiger partial charge in [-0.3, -0.25) is 9.78 Å². The SMILES string of the molecule is CC(C)CNC(=O)c1cc(Nc2ccccc2C(C)C)ccn1. The summed E-state index contributed by atoms with van der Waals surface area (Å²) in [5.41, 5.74) is 3.60. The van der Waals surface area contributed by atoms with Gasteiger partial charge in [-0.25, -0.2) is 0 Å². The third-order valence-electron chi connectivity index (χ3n) is 3.53. The van der Waals surface area contributed by atoms with Crippen molar-refractivity contribution in [1.29, 1.82) is 0 Å². The minimum atomic E-state index is -0.139. The number of nitrogens with zero attached hydrogens (tertiary/aromatic N) is 1. The van der Waals surface area contributed by atoms with Crippen molar-refractivity contribution in [1.82, 2.24) is 10.3 Å². The van der Waals surface area contributed by atoms with Gasteiger partial charge in [0.15, 0.2) is 0 Å². The van der Waals surface area contributed by atoms with E-state index in [-0.39, 0.29) is 5.91 Å². The van der Waals surface area contributed by atoms with Crippen LogP contribution in [0.4, 0.5) is 11.4 Å². The molecule has 2 N–H and O–H groups in total. The first-order valence-electron chi connectivity index (χ1n) is 8.07. The van der Waals surface area contributed by atoms with E-state index >= 15 is 0 Å². The van der Waals surface area contributed by atoms with Gasteiger partial charge < -0.3 is 10.6 Å². The Bertz CT molecular complexity index is 665. The summed E-state index contributed by atoms with van der Waals surface area (Å²) < 4.78 is 0. The molecule has 4 nitrogen and oxygen atoms in total. The molecule has 1 aromatic carbocycles. The quantitative estimate of drug-likeness (QED) is 0.834. The van der Waals surface area contributed by atoms with Crippen LogP contribution in [0.2, 0.25) is 0 Å². The van der Waals surface area contributed by atoms with Crippen LogP contribution in [-0.2, 0) is 0 Å². The molecule has 2 aromatic rings. The third-order valence-corrected chi connectivity index (χ3v) is 3.53. The molecule has 0 aliphatic heterocycles. The maximum absolute atomic E-state index is 12.1. The highest BCUT2D eigenvalue weighted by Crippen LogP contribution is 2.26. The normalized spacial score (nSPS) is 10.9. The second kappa shape index (κ2) is 7.77. The van der Waals surface area contributed by atoms with Gasteiger partial charge >= 0.3 is 0 Å². The van der Waals surface area contributed by atoms with E-state index in [1.165, 1.54) is 5.56 Å². The van der Waals surface area contributed by atoms with Gasteiger partial charge in [-0.1, -0.05) is 45.9 Å². The molecule has 4 heteroatoms. The van der Waals surface area contributed by atoms with E-state index in [4.69, 9.17) is 0 Å². The van der Waals surface area contributed by atoms with Crippen molar-refractivity contribution >= 4 is 17.3 Å². The number of para-hydroxylation sites is 1. The fraction of sp³-hybridized carbons (Fsp3) is 0.368. The van der Waals surface area contributed by atoms with Gasteiger partial charge in [0, 0.05) is 24.1 Å². The maximum Gasteiger partial charge on any atom is 0.269 e. The Morgan fingerprint density at radius 1 is 1.13 bits per heavy atom. The molecule has 0 saturated carbocycles. The van der Waals surface area contributed by atoms with Crippen molar-refractivity contribution in [2.45, 2.75) is 33.6 Å². The maximum atomic E-state index is 12.1. The smallest absolute Gasteiger partial charge is 0.269 e. The van der Waals surface area contributed by atoms with Crippen molar-refractivity contribution in [3.8, 4) is 0 Å². The summed E-state index contributed by atoms with van der Waals surface area (Å²) in [6, 6.07) is 11.9. The van der Waals surface area contributed by atoms with Gasteiger partial charge in [0.1, 0.15) is 5.69 Å². The van der Waals surface area contributed by atoms with Crippen molar-refractivity contribution < 1.29 is 4.79 Å². The molecule has 0 bridgehead atoms. The molecular weight excluding hydrogens is 286 g/mol. The first-order valence-corrected chi connectivity index (χ1v) is 8.07. The molecule has 0 saturated heterocycles. The number of rotatable bonds is 6. The molecule has 0 radical (unpaired) electrons. The predicted molar refractivity (Wildman–Crippen MR) is 95.2 cm³/mol. The Labute approximate surface area is 138 Å². The number of carbonyl (C=O) groups is 1. The highest BCUT2D eigenvalue weighted by molar-refractivity contribution is 5.93. The number of nitrogens with one attached hydrogen (secondary N) is 2. The lowest BCUT2D eigenvalue weighted by molar-refractivity contribution is 0.0944. The highest BCUT2D eigenvalue weighted by atomic mass is 16.1. The van der Waals surface area contributed by atoms with Gasteiger partial charge in [-0.2, -0.15) is 0 Å². The summed E-state index contributed by atoms with van der Waals surface area (Å²) in [5, 5.41) is 6.28. The number of pyridine rings is 1. The third kappa shape index (κ3) is 4.81. The summed E-state index contributed by atoms with van der Waals surface area (Å²) in [5.74, 6) is 0.701. The molecule has 23 heavy (non-hydrogen) atoms. The number of amides is 1. The minimum absolute atomic E-state index is 0.139. The van der Waals surface area contributed by atoms with Crippen LogP contribution in [0.15, 0.2) is 42.6 Å². The number of aromatic nitrogens is 1. The molecule has 0 spiro atoms. The largest absolute Gasteiger partial charge is 0.355 e. The van der Waals surface area contributed by atoms with Gasteiger partial charge in [-0.05, 0) is 35.6 Å². The van der Waals surface area contributed by atoms with Crippen molar-refractivity contribution in [3.63, 3.8) is 0 Å². The number of hydrogen-bond donors (Lipinski definition) is 2. The van der Waals surface area contributed by atoms with Gasteiger partial charge in [0.05, 0.1) is 0 Å². The molecule has 0 atom stereocenters. The molecule has 0 fully saturated rings. The molecule has 0 aliphatic carbocycles. The van der Waals surface area contributed by atoms with E-state index in [2.05, 4.69) is 49.4 Å². The summed E-state index contributed by atoms with van der Waals surface area (Å²) in [4.78, 5) is 16.3. The Balaban J connectivity index is 2.16. The number of benzene rings is 1. The van der Waals surface area contributed by atoms with Gasteiger partial charge in [0.2, 0.25) is 0 Å². The Kier molecular flexibility index (Phi) is 5.74. The molecule has 1 heterocycles. The molecule has 0 aliphatic rings. The average molecular weight is 311 g/mol. The van der Waals surface area contributed by atoms with Gasteiger partial charge in [0.25, 0.3) is 5.91 Å². The fourth-order valence-electron chi connectivity index (χ4n) is 2.29. The topological polar surface area (TPSA) is 54.0 Å². The summed E-state index contributed by atoms with van der Waals surface area (Å²) >= 11 is 0. The van der Waals surface area contributed by atoms with Crippen LogP contribution < -0.4 is 10.6 Å². The molecule has 1 aromatic heterocycles. The fourth-order valence-corrected chi connectivity index (χ4v) is 2.29. The van der Waals surface area contributed by atoms with E-state index in [9.17, 15) is 4.79 Å².